The Balaban J connectivity index is 1.66. The SMILES string of the molecule is CSCC[C@@H](NC(=O)c1c(C)oc2c1CCCC2)c1cc(=O)[nH]c(-c2cccnc2)n1. The average Bonchev–Trinajstić information content (AvgIpc) is 3.12. The fraction of sp³-hybridized carbons (Fsp3) is 0.391. The van der Waals surface area contributed by atoms with Crippen molar-refractivity contribution in [3.05, 3.63) is 69.3 Å². The van der Waals surface area contributed by atoms with Gasteiger partial charge in [0.2, 0.25) is 0 Å². The van der Waals surface area contributed by atoms with Gasteiger partial charge in [-0.1, -0.05) is 0 Å². The van der Waals surface area contributed by atoms with E-state index in [0.717, 1.165) is 48.3 Å². The van der Waals surface area contributed by atoms with Crippen LogP contribution in [0.4, 0.5) is 0 Å². The number of carbonyl (C=O) groups excluding carboxylic acids is 1. The van der Waals surface area contributed by atoms with Crippen molar-refractivity contribution in [2.24, 2.45) is 0 Å². The summed E-state index contributed by atoms with van der Waals surface area (Å²) in [5.74, 6) is 2.69. The molecule has 0 aromatic carbocycles. The highest BCUT2D eigenvalue weighted by atomic mass is 32.2. The molecule has 0 saturated heterocycles. The second kappa shape index (κ2) is 9.51. The third-order valence-electron chi connectivity index (χ3n) is 5.54. The highest BCUT2D eigenvalue weighted by Gasteiger charge is 2.27. The Morgan fingerprint density at radius 1 is 1.35 bits per heavy atom. The van der Waals surface area contributed by atoms with Crippen LogP contribution in [0.15, 0.2) is 39.8 Å². The molecular formula is C23H26N4O3S. The molecule has 31 heavy (non-hydrogen) atoms. The van der Waals surface area contributed by atoms with Crippen molar-refractivity contribution in [1.82, 2.24) is 20.3 Å². The highest BCUT2D eigenvalue weighted by molar-refractivity contribution is 7.98. The van der Waals surface area contributed by atoms with Crippen LogP contribution < -0.4 is 10.9 Å². The van der Waals surface area contributed by atoms with Gasteiger partial charge in [0.15, 0.2) is 0 Å². The van der Waals surface area contributed by atoms with E-state index in [0.29, 0.717) is 29.3 Å². The summed E-state index contributed by atoms with van der Waals surface area (Å²) in [7, 11) is 0. The number of aromatic amines is 1. The molecule has 7 nitrogen and oxygen atoms in total. The first-order valence-corrected chi connectivity index (χ1v) is 11.9. The standard InChI is InChI=1S/C23H26N4O3S/c1-14-21(16-7-3-4-8-19(16)30-14)23(29)26-17(9-11-31-2)18-12-20(28)27-22(25-18)15-6-5-10-24-13-15/h5-6,10,12-13,17H,3-4,7-9,11H2,1-2H3,(H,26,29)(H,25,27,28)/t17-/m1/s1. The third-order valence-corrected chi connectivity index (χ3v) is 6.19. The van der Waals surface area contributed by atoms with E-state index >= 15 is 0 Å². The Hall–Kier alpha value is -2.87. The van der Waals surface area contributed by atoms with Crippen LogP contribution in [0, 0.1) is 6.92 Å². The largest absolute Gasteiger partial charge is 0.465 e. The summed E-state index contributed by atoms with van der Waals surface area (Å²) in [4.78, 5) is 37.2. The van der Waals surface area contributed by atoms with E-state index in [1.165, 1.54) is 6.07 Å². The molecule has 162 valence electrons. The maximum absolute atomic E-state index is 13.3. The summed E-state index contributed by atoms with van der Waals surface area (Å²) in [6.07, 6.45) is 9.89. The van der Waals surface area contributed by atoms with Crippen molar-refractivity contribution in [1.29, 1.82) is 0 Å². The quantitative estimate of drug-likeness (QED) is 0.581. The van der Waals surface area contributed by atoms with Gasteiger partial charge in [0.25, 0.3) is 11.5 Å². The van der Waals surface area contributed by atoms with Crippen molar-refractivity contribution < 1.29 is 9.21 Å². The van der Waals surface area contributed by atoms with Crippen molar-refractivity contribution >= 4 is 17.7 Å². The summed E-state index contributed by atoms with van der Waals surface area (Å²) in [5.41, 5.74) is 2.67. The molecule has 8 heteroatoms. The van der Waals surface area contributed by atoms with Crippen LogP contribution in [0.5, 0.6) is 0 Å². The number of aromatic nitrogens is 3. The predicted octanol–water partition coefficient (Wildman–Crippen LogP) is 3.84. The Morgan fingerprint density at radius 3 is 2.97 bits per heavy atom. The normalized spacial score (nSPS) is 14.1. The predicted molar refractivity (Wildman–Crippen MR) is 121 cm³/mol. The van der Waals surface area contributed by atoms with E-state index in [1.54, 1.807) is 30.2 Å². The fourth-order valence-corrected chi connectivity index (χ4v) is 4.53. The summed E-state index contributed by atoms with van der Waals surface area (Å²) in [6, 6.07) is 4.71. The van der Waals surface area contributed by atoms with E-state index in [1.807, 2.05) is 19.2 Å². The highest BCUT2D eigenvalue weighted by Crippen LogP contribution is 2.30. The van der Waals surface area contributed by atoms with Crippen molar-refractivity contribution in [2.45, 2.75) is 45.1 Å². The molecule has 0 bridgehead atoms. The maximum Gasteiger partial charge on any atom is 0.255 e. The topological polar surface area (TPSA) is 101 Å². The number of nitrogens with zero attached hydrogens (tertiary/aromatic N) is 2. The van der Waals surface area contributed by atoms with E-state index < -0.39 is 0 Å². The van der Waals surface area contributed by atoms with Crippen LogP contribution in [-0.4, -0.2) is 32.9 Å². The monoisotopic (exact) mass is 438 g/mol. The Labute approximate surface area is 185 Å². The molecule has 1 aliphatic rings. The van der Waals surface area contributed by atoms with Gasteiger partial charge in [0.1, 0.15) is 17.3 Å². The van der Waals surface area contributed by atoms with Gasteiger partial charge in [-0.05, 0) is 56.7 Å². The second-order valence-corrected chi connectivity index (χ2v) is 8.70. The number of rotatable bonds is 7. The van der Waals surface area contributed by atoms with E-state index in [-0.39, 0.29) is 17.5 Å². The minimum absolute atomic E-state index is 0.166. The number of hydrogen-bond acceptors (Lipinski definition) is 6. The molecule has 4 rings (SSSR count). The lowest BCUT2D eigenvalue weighted by Crippen LogP contribution is -2.31. The lowest BCUT2D eigenvalue weighted by atomic mass is 9.94. The number of carbonyl (C=O) groups is 1. The van der Waals surface area contributed by atoms with Crippen LogP contribution >= 0.6 is 11.8 Å². The van der Waals surface area contributed by atoms with Crippen LogP contribution in [0.2, 0.25) is 0 Å². The first-order valence-electron chi connectivity index (χ1n) is 10.5. The number of thioether (sulfide) groups is 1. The summed E-state index contributed by atoms with van der Waals surface area (Å²) >= 11 is 1.69. The lowest BCUT2D eigenvalue weighted by Gasteiger charge is -2.19. The van der Waals surface area contributed by atoms with Gasteiger partial charge in [0, 0.05) is 36.0 Å². The van der Waals surface area contributed by atoms with Gasteiger partial charge in [-0.2, -0.15) is 11.8 Å². The van der Waals surface area contributed by atoms with Crippen LogP contribution in [0.1, 0.15) is 58.4 Å². The first-order chi connectivity index (χ1) is 15.1. The van der Waals surface area contributed by atoms with Crippen molar-refractivity contribution in [2.75, 3.05) is 12.0 Å². The number of nitrogens with one attached hydrogen (secondary N) is 2. The number of pyridine rings is 1. The minimum atomic E-state index is -0.383. The average molecular weight is 439 g/mol. The van der Waals surface area contributed by atoms with Crippen LogP contribution in [0.25, 0.3) is 11.4 Å². The molecule has 0 unspecified atom stereocenters. The molecule has 1 aliphatic carbocycles. The van der Waals surface area contributed by atoms with Crippen LogP contribution in [-0.2, 0) is 12.8 Å². The number of amides is 1. The number of furan rings is 1. The number of hydrogen-bond donors (Lipinski definition) is 2. The van der Waals surface area contributed by atoms with Crippen LogP contribution in [0.3, 0.4) is 0 Å². The van der Waals surface area contributed by atoms with Gasteiger partial charge in [-0.15, -0.1) is 0 Å². The minimum Gasteiger partial charge on any atom is -0.465 e. The molecule has 0 spiro atoms. The number of fused-ring (bicyclic) bond motifs is 1. The van der Waals surface area contributed by atoms with E-state index in [4.69, 9.17) is 4.42 Å². The molecule has 3 heterocycles. The van der Waals surface area contributed by atoms with E-state index in [9.17, 15) is 9.59 Å². The van der Waals surface area contributed by atoms with Crippen molar-refractivity contribution in [3.63, 3.8) is 0 Å². The van der Waals surface area contributed by atoms with Gasteiger partial charge in [-0.25, -0.2) is 4.98 Å². The Morgan fingerprint density at radius 2 is 2.19 bits per heavy atom. The molecule has 0 aliphatic heterocycles. The summed E-state index contributed by atoms with van der Waals surface area (Å²) in [5, 5.41) is 3.12. The first kappa shape index (κ1) is 21.4. The zero-order valence-corrected chi connectivity index (χ0v) is 18.6. The zero-order valence-electron chi connectivity index (χ0n) is 17.7. The zero-order chi connectivity index (χ0) is 21.8. The Bertz CT molecular complexity index is 1120. The van der Waals surface area contributed by atoms with Gasteiger partial charge in [0.05, 0.1) is 17.3 Å². The molecule has 0 fully saturated rings. The Kier molecular flexibility index (Phi) is 6.56. The smallest absolute Gasteiger partial charge is 0.255 e. The second-order valence-electron chi connectivity index (χ2n) is 7.71. The number of aryl methyl sites for hydroxylation is 2. The maximum atomic E-state index is 13.3. The number of H-pyrrole nitrogens is 1. The molecule has 3 aromatic rings. The molecular weight excluding hydrogens is 412 g/mol. The molecule has 1 amide bonds. The third kappa shape index (κ3) is 4.74. The molecule has 0 radical (unpaired) electrons. The molecule has 2 N–H and O–H groups in total. The summed E-state index contributed by atoms with van der Waals surface area (Å²) in [6.45, 7) is 1.84. The van der Waals surface area contributed by atoms with Gasteiger partial charge < -0.3 is 14.7 Å². The molecule has 3 aromatic heterocycles. The van der Waals surface area contributed by atoms with E-state index in [2.05, 4.69) is 20.3 Å². The van der Waals surface area contributed by atoms with Gasteiger partial charge in [-0.3, -0.25) is 14.6 Å². The van der Waals surface area contributed by atoms with Crippen molar-refractivity contribution in [3.8, 4) is 11.4 Å². The molecule has 1 atom stereocenters. The van der Waals surface area contributed by atoms with Gasteiger partial charge >= 0.3 is 0 Å². The molecule has 0 saturated carbocycles. The lowest BCUT2D eigenvalue weighted by molar-refractivity contribution is 0.0932. The summed E-state index contributed by atoms with van der Waals surface area (Å²) < 4.78 is 5.88. The fourth-order valence-electron chi connectivity index (χ4n) is 4.05.